The van der Waals surface area contributed by atoms with Crippen molar-refractivity contribution in [3.63, 3.8) is 0 Å². The quantitative estimate of drug-likeness (QED) is 0.857. The highest BCUT2D eigenvalue weighted by Gasteiger charge is 2.29. The number of ether oxygens (including phenoxy) is 1. The first-order valence-corrected chi connectivity index (χ1v) is 9.09. The molecular formula is C18H18F2N2O3S. The Kier molecular flexibility index (Phi) is 5.82. The minimum atomic E-state index is -2.88. The zero-order valence-electron chi connectivity index (χ0n) is 13.9. The Balaban J connectivity index is 1.58. The molecule has 2 aromatic rings. The van der Waals surface area contributed by atoms with E-state index in [1.54, 1.807) is 11.0 Å². The first-order valence-electron chi connectivity index (χ1n) is 8.21. The first kappa shape index (κ1) is 18.3. The summed E-state index contributed by atoms with van der Waals surface area (Å²) in [6, 6.07) is 9.36. The van der Waals surface area contributed by atoms with Crippen LogP contribution in [-0.4, -0.2) is 36.4 Å². The molecule has 26 heavy (non-hydrogen) atoms. The maximum atomic E-state index is 12.5. The molecule has 0 radical (unpaired) electrons. The number of thiophene rings is 1. The van der Waals surface area contributed by atoms with E-state index in [1.807, 2.05) is 11.4 Å². The number of carbonyl (C=O) groups is 2. The third kappa shape index (κ3) is 4.57. The molecule has 5 nitrogen and oxygen atoms in total. The lowest BCUT2D eigenvalue weighted by Crippen LogP contribution is -2.43. The lowest BCUT2D eigenvalue weighted by molar-refractivity contribution is -0.121. The molecule has 0 aliphatic carbocycles. The first-order chi connectivity index (χ1) is 12.5. The second kappa shape index (κ2) is 8.27. The van der Waals surface area contributed by atoms with Crippen LogP contribution in [0.2, 0.25) is 0 Å². The number of rotatable bonds is 5. The number of hydrogen-bond acceptors (Lipinski definition) is 4. The number of benzene rings is 1. The standard InChI is InChI=1S/C18H18F2N2O3S/c19-18(20)25-14-7-5-13(6-8-14)21-16(23)12-3-1-9-22(11-12)17(24)15-4-2-10-26-15/h2,4-8,10,12,18H,1,3,9,11H2,(H,21,23)/t12-/m1/s1. The van der Waals surface area contributed by atoms with Crippen LogP contribution in [0.4, 0.5) is 14.5 Å². The van der Waals surface area contributed by atoms with Crippen molar-refractivity contribution in [2.75, 3.05) is 18.4 Å². The molecule has 1 saturated heterocycles. The molecule has 1 N–H and O–H groups in total. The van der Waals surface area contributed by atoms with Crippen LogP contribution in [0.5, 0.6) is 5.75 Å². The zero-order chi connectivity index (χ0) is 18.5. The van der Waals surface area contributed by atoms with Gasteiger partial charge in [-0.15, -0.1) is 11.3 Å². The Hall–Kier alpha value is -2.48. The van der Waals surface area contributed by atoms with Gasteiger partial charge in [-0.25, -0.2) is 0 Å². The van der Waals surface area contributed by atoms with Gasteiger partial charge in [-0.3, -0.25) is 9.59 Å². The van der Waals surface area contributed by atoms with Gasteiger partial charge in [0.2, 0.25) is 5.91 Å². The van der Waals surface area contributed by atoms with E-state index in [2.05, 4.69) is 10.1 Å². The molecule has 0 spiro atoms. The van der Waals surface area contributed by atoms with Gasteiger partial charge in [0.1, 0.15) is 5.75 Å². The molecular weight excluding hydrogens is 362 g/mol. The Bertz CT molecular complexity index is 750. The molecule has 2 amide bonds. The van der Waals surface area contributed by atoms with Crippen LogP contribution in [0.15, 0.2) is 41.8 Å². The number of piperidine rings is 1. The summed E-state index contributed by atoms with van der Waals surface area (Å²) in [5.41, 5.74) is 0.498. The second-order valence-corrected chi connectivity index (χ2v) is 6.91. The van der Waals surface area contributed by atoms with Crippen molar-refractivity contribution >= 4 is 28.8 Å². The number of amides is 2. The second-order valence-electron chi connectivity index (χ2n) is 5.96. The predicted molar refractivity (Wildman–Crippen MR) is 94.7 cm³/mol. The van der Waals surface area contributed by atoms with Gasteiger partial charge in [0.15, 0.2) is 0 Å². The summed E-state index contributed by atoms with van der Waals surface area (Å²) in [5, 5.41) is 4.62. The van der Waals surface area contributed by atoms with Gasteiger partial charge in [-0.2, -0.15) is 8.78 Å². The SMILES string of the molecule is O=C(Nc1ccc(OC(F)F)cc1)[C@@H]1CCCN(C(=O)c2cccs2)C1. The largest absolute Gasteiger partial charge is 0.435 e. The maximum absolute atomic E-state index is 12.5. The van der Waals surface area contributed by atoms with Crippen LogP contribution >= 0.6 is 11.3 Å². The van der Waals surface area contributed by atoms with Crippen LogP contribution in [-0.2, 0) is 4.79 Å². The van der Waals surface area contributed by atoms with E-state index >= 15 is 0 Å². The zero-order valence-corrected chi connectivity index (χ0v) is 14.7. The number of nitrogens with zero attached hydrogens (tertiary/aromatic N) is 1. The smallest absolute Gasteiger partial charge is 0.387 e. The summed E-state index contributed by atoms with van der Waals surface area (Å²) >= 11 is 1.39. The van der Waals surface area contributed by atoms with Gasteiger partial charge in [0, 0.05) is 18.8 Å². The molecule has 138 valence electrons. The van der Waals surface area contributed by atoms with E-state index in [1.165, 1.54) is 35.6 Å². The maximum Gasteiger partial charge on any atom is 0.387 e. The lowest BCUT2D eigenvalue weighted by atomic mass is 9.97. The van der Waals surface area contributed by atoms with Crippen LogP contribution < -0.4 is 10.1 Å². The van der Waals surface area contributed by atoms with E-state index in [-0.39, 0.29) is 23.5 Å². The molecule has 2 heterocycles. The summed E-state index contributed by atoms with van der Waals surface area (Å²) < 4.78 is 28.6. The van der Waals surface area contributed by atoms with E-state index in [0.29, 0.717) is 30.1 Å². The number of anilines is 1. The van der Waals surface area contributed by atoms with Crippen LogP contribution in [0.3, 0.4) is 0 Å². The number of halogens is 2. The van der Waals surface area contributed by atoms with Crippen molar-refractivity contribution in [2.45, 2.75) is 19.5 Å². The number of carbonyl (C=O) groups excluding carboxylic acids is 2. The molecule has 0 saturated carbocycles. The third-order valence-electron chi connectivity index (χ3n) is 4.16. The summed E-state index contributed by atoms with van der Waals surface area (Å²) in [6.45, 7) is -1.88. The lowest BCUT2D eigenvalue weighted by Gasteiger charge is -2.31. The van der Waals surface area contributed by atoms with Gasteiger partial charge in [0.05, 0.1) is 10.8 Å². The average molecular weight is 380 g/mol. The van der Waals surface area contributed by atoms with Crippen LogP contribution in [0.25, 0.3) is 0 Å². The Morgan fingerprint density at radius 3 is 2.65 bits per heavy atom. The van der Waals surface area contributed by atoms with Gasteiger partial charge >= 0.3 is 6.61 Å². The van der Waals surface area contributed by atoms with Gasteiger partial charge in [0.25, 0.3) is 5.91 Å². The molecule has 1 aliphatic heterocycles. The molecule has 1 fully saturated rings. The molecule has 1 atom stereocenters. The molecule has 1 aliphatic rings. The van der Waals surface area contributed by atoms with E-state index in [9.17, 15) is 18.4 Å². The minimum absolute atomic E-state index is 0.0309. The number of alkyl halides is 2. The molecule has 0 bridgehead atoms. The topological polar surface area (TPSA) is 58.6 Å². The number of nitrogens with one attached hydrogen (secondary N) is 1. The third-order valence-corrected chi connectivity index (χ3v) is 5.02. The van der Waals surface area contributed by atoms with Gasteiger partial charge < -0.3 is 15.0 Å². The van der Waals surface area contributed by atoms with Gasteiger partial charge in [-0.1, -0.05) is 6.07 Å². The Morgan fingerprint density at radius 1 is 1.23 bits per heavy atom. The van der Waals surface area contributed by atoms with E-state index < -0.39 is 6.61 Å². The molecule has 8 heteroatoms. The monoisotopic (exact) mass is 380 g/mol. The fourth-order valence-corrected chi connectivity index (χ4v) is 3.59. The van der Waals surface area contributed by atoms with Crippen molar-refractivity contribution in [1.82, 2.24) is 4.90 Å². The number of likely N-dealkylation sites (tertiary alicyclic amines) is 1. The molecule has 1 aromatic heterocycles. The summed E-state index contributed by atoms with van der Waals surface area (Å²) in [7, 11) is 0. The fraction of sp³-hybridized carbons (Fsp3) is 0.333. The molecule has 0 unspecified atom stereocenters. The fourth-order valence-electron chi connectivity index (χ4n) is 2.90. The summed E-state index contributed by atoms with van der Waals surface area (Å²) in [5.74, 6) is -0.504. The van der Waals surface area contributed by atoms with Crippen molar-refractivity contribution in [2.24, 2.45) is 5.92 Å². The van der Waals surface area contributed by atoms with Crippen molar-refractivity contribution < 1.29 is 23.1 Å². The highest BCUT2D eigenvalue weighted by Crippen LogP contribution is 2.23. The van der Waals surface area contributed by atoms with Crippen molar-refractivity contribution in [3.05, 3.63) is 46.7 Å². The normalized spacial score (nSPS) is 17.2. The predicted octanol–water partition coefficient (Wildman–Crippen LogP) is 3.84. The van der Waals surface area contributed by atoms with Crippen molar-refractivity contribution in [3.8, 4) is 5.75 Å². The highest BCUT2D eigenvalue weighted by molar-refractivity contribution is 7.12. The average Bonchev–Trinajstić information content (AvgIpc) is 3.17. The Morgan fingerprint density at radius 2 is 2.00 bits per heavy atom. The van der Waals surface area contributed by atoms with E-state index in [4.69, 9.17) is 0 Å². The van der Waals surface area contributed by atoms with E-state index in [0.717, 1.165) is 6.42 Å². The molecule has 3 rings (SSSR count). The van der Waals surface area contributed by atoms with Crippen LogP contribution in [0, 0.1) is 5.92 Å². The van der Waals surface area contributed by atoms with Gasteiger partial charge in [-0.05, 0) is 48.6 Å². The minimum Gasteiger partial charge on any atom is -0.435 e. The highest BCUT2D eigenvalue weighted by atomic mass is 32.1. The Labute approximate surface area is 153 Å². The van der Waals surface area contributed by atoms with Crippen LogP contribution in [0.1, 0.15) is 22.5 Å². The number of hydrogen-bond donors (Lipinski definition) is 1. The van der Waals surface area contributed by atoms with Crippen molar-refractivity contribution in [1.29, 1.82) is 0 Å². The molecule has 1 aromatic carbocycles. The summed E-state index contributed by atoms with van der Waals surface area (Å²) in [4.78, 5) is 27.3. The summed E-state index contributed by atoms with van der Waals surface area (Å²) in [6.07, 6.45) is 1.46.